The molecule has 2 heterocycles. The van der Waals surface area contributed by atoms with Crippen LogP contribution < -0.4 is 4.72 Å². The van der Waals surface area contributed by atoms with Crippen molar-refractivity contribution in [1.82, 2.24) is 4.72 Å². The lowest BCUT2D eigenvalue weighted by Gasteiger charge is -1.96. The highest BCUT2D eigenvalue weighted by molar-refractivity contribution is 7.79. The average molecular weight is 250 g/mol. The summed E-state index contributed by atoms with van der Waals surface area (Å²) >= 11 is -1.54. The van der Waals surface area contributed by atoms with E-state index >= 15 is 0 Å². The van der Waals surface area contributed by atoms with Crippen LogP contribution in [-0.2, 0) is 22.0 Å². The molecule has 0 saturated heterocycles. The lowest BCUT2D eigenvalue weighted by molar-refractivity contribution is 0.384. The Bertz CT molecular complexity index is 633. The van der Waals surface area contributed by atoms with Gasteiger partial charge in [-0.05, 0) is 18.6 Å². The van der Waals surface area contributed by atoms with E-state index in [1.807, 2.05) is 25.1 Å². The molecule has 1 atom stereocenters. The Balaban J connectivity index is 1.93. The first-order valence-corrected chi connectivity index (χ1v) is 6.19. The number of amidine groups is 1. The van der Waals surface area contributed by atoms with Gasteiger partial charge >= 0.3 is 11.3 Å². The van der Waals surface area contributed by atoms with Crippen molar-refractivity contribution in [2.24, 2.45) is 5.16 Å². The SMILES string of the molecule is Cc1ccc2c(CC3=NOS(=O)N3)coc2c1. The number of aryl methyl sites for hydroxylation is 1. The van der Waals surface area contributed by atoms with Crippen molar-refractivity contribution in [2.45, 2.75) is 13.3 Å². The van der Waals surface area contributed by atoms with Crippen LogP contribution in [0.5, 0.6) is 0 Å². The minimum absolute atomic E-state index is 0.516. The molecule has 3 rings (SSSR count). The summed E-state index contributed by atoms with van der Waals surface area (Å²) in [6.07, 6.45) is 2.21. The monoisotopic (exact) mass is 250 g/mol. The summed E-state index contributed by atoms with van der Waals surface area (Å²) in [5.74, 6) is 0.548. The minimum atomic E-state index is -1.54. The zero-order chi connectivity index (χ0) is 11.8. The molecule has 0 radical (unpaired) electrons. The first kappa shape index (κ1) is 10.3. The van der Waals surface area contributed by atoms with Gasteiger partial charge in [0.05, 0.1) is 6.26 Å². The highest BCUT2D eigenvalue weighted by atomic mass is 32.2. The molecule has 88 valence electrons. The number of nitrogens with one attached hydrogen (secondary N) is 1. The summed E-state index contributed by atoms with van der Waals surface area (Å²) < 4.78 is 23.6. The van der Waals surface area contributed by atoms with Crippen molar-refractivity contribution in [3.63, 3.8) is 0 Å². The minimum Gasteiger partial charge on any atom is -0.464 e. The molecule has 1 unspecified atom stereocenters. The molecule has 0 bridgehead atoms. The van der Waals surface area contributed by atoms with E-state index in [1.165, 1.54) is 0 Å². The fourth-order valence-electron chi connectivity index (χ4n) is 1.79. The van der Waals surface area contributed by atoms with Crippen LogP contribution in [0.4, 0.5) is 0 Å². The topological polar surface area (TPSA) is 63.8 Å². The summed E-state index contributed by atoms with van der Waals surface area (Å²) in [7, 11) is 0. The molecular weight excluding hydrogens is 240 g/mol. The Morgan fingerprint density at radius 3 is 3.12 bits per heavy atom. The molecule has 1 aliphatic heterocycles. The first-order chi connectivity index (χ1) is 8.22. The highest BCUT2D eigenvalue weighted by Crippen LogP contribution is 2.23. The molecule has 0 spiro atoms. The van der Waals surface area contributed by atoms with Gasteiger partial charge in [0.15, 0.2) is 5.84 Å². The predicted octanol–water partition coefficient (Wildman–Crippen LogP) is 1.80. The van der Waals surface area contributed by atoms with Gasteiger partial charge in [0.25, 0.3) is 0 Å². The van der Waals surface area contributed by atoms with Gasteiger partial charge in [-0.25, -0.2) is 0 Å². The summed E-state index contributed by atoms with van der Waals surface area (Å²) in [5.41, 5.74) is 2.99. The molecule has 6 heteroatoms. The van der Waals surface area contributed by atoms with Gasteiger partial charge in [-0.2, -0.15) is 4.21 Å². The van der Waals surface area contributed by atoms with E-state index in [2.05, 4.69) is 14.2 Å². The third kappa shape index (κ3) is 1.91. The van der Waals surface area contributed by atoms with Crippen molar-refractivity contribution in [3.8, 4) is 0 Å². The van der Waals surface area contributed by atoms with Crippen LogP contribution in [0, 0.1) is 6.92 Å². The summed E-state index contributed by atoms with van der Waals surface area (Å²) in [5, 5.41) is 4.72. The molecular formula is C11H10N2O3S. The van der Waals surface area contributed by atoms with Gasteiger partial charge < -0.3 is 4.42 Å². The standard InChI is InChI=1S/C11H10N2O3S/c1-7-2-3-9-8(6-15-10(9)4-7)5-11-12-16-17(14)13-11/h2-4,6H,5H2,1H3,(H,12,13). The molecule has 1 N–H and O–H groups in total. The van der Waals surface area contributed by atoms with Gasteiger partial charge in [0.1, 0.15) is 5.58 Å². The number of oxime groups is 1. The van der Waals surface area contributed by atoms with E-state index in [0.717, 1.165) is 22.1 Å². The summed E-state index contributed by atoms with van der Waals surface area (Å²) in [6, 6.07) is 6.02. The highest BCUT2D eigenvalue weighted by Gasteiger charge is 2.17. The average Bonchev–Trinajstić information content (AvgIpc) is 2.86. The zero-order valence-electron chi connectivity index (χ0n) is 9.10. The summed E-state index contributed by atoms with van der Waals surface area (Å²) in [6.45, 7) is 2.02. The molecule has 2 aromatic rings. The van der Waals surface area contributed by atoms with Gasteiger partial charge in [-0.1, -0.05) is 17.3 Å². The number of fused-ring (bicyclic) bond motifs is 1. The molecule has 0 amide bonds. The molecule has 1 aliphatic rings. The largest absolute Gasteiger partial charge is 0.464 e. The number of nitrogens with zero attached hydrogens (tertiary/aromatic N) is 1. The normalized spacial score (nSPS) is 18.9. The Morgan fingerprint density at radius 1 is 1.47 bits per heavy atom. The number of hydrogen-bond donors (Lipinski definition) is 1. The van der Waals surface area contributed by atoms with Crippen molar-refractivity contribution < 1.29 is 12.9 Å². The van der Waals surface area contributed by atoms with Crippen LogP contribution in [-0.4, -0.2) is 10.0 Å². The van der Waals surface area contributed by atoms with E-state index < -0.39 is 11.3 Å². The molecule has 0 saturated carbocycles. The number of furan rings is 1. The van der Waals surface area contributed by atoms with Gasteiger partial charge in [0.2, 0.25) is 0 Å². The van der Waals surface area contributed by atoms with Crippen molar-refractivity contribution in [3.05, 3.63) is 35.6 Å². The molecule has 0 aliphatic carbocycles. The molecule has 0 fully saturated rings. The summed E-state index contributed by atoms with van der Waals surface area (Å²) in [4.78, 5) is 0. The number of hydrogen-bond acceptors (Lipinski definition) is 4. The van der Waals surface area contributed by atoms with Crippen LogP contribution >= 0.6 is 0 Å². The van der Waals surface area contributed by atoms with Crippen LogP contribution in [0.2, 0.25) is 0 Å². The van der Waals surface area contributed by atoms with E-state index in [1.54, 1.807) is 6.26 Å². The number of rotatable bonds is 2. The second kappa shape index (κ2) is 3.89. The van der Waals surface area contributed by atoms with Crippen LogP contribution in [0.25, 0.3) is 11.0 Å². The molecule has 1 aromatic heterocycles. The third-order valence-electron chi connectivity index (χ3n) is 2.59. The van der Waals surface area contributed by atoms with E-state index in [-0.39, 0.29) is 0 Å². The Morgan fingerprint density at radius 2 is 2.35 bits per heavy atom. The van der Waals surface area contributed by atoms with Crippen LogP contribution in [0.3, 0.4) is 0 Å². The zero-order valence-corrected chi connectivity index (χ0v) is 9.91. The molecule has 17 heavy (non-hydrogen) atoms. The van der Waals surface area contributed by atoms with Gasteiger partial charge in [-0.15, -0.1) is 0 Å². The smallest absolute Gasteiger partial charge is 0.338 e. The fraction of sp³-hybridized carbons (Fsp3) is 0.182. The van der Waals surface area contributed by atoms with E-state index in [9.17, 15) is 4.21 Å². The predicted molar refractivity (Wildman–Crippen MR) is 64.5 cm³/mol. The van der Waals surface area contributed by atoms with E-state index in [4.69, 9.17) is 4.42 Å². The van der Waals surface area contributed by atoms with Crippen molar-refractivity contribution >= 4 is 28.1 Å². The first-order valence-electron chi connectivity index (χ1n) is 5.12. The van der Waals surface area contributed by atoms with Crippen LogP contribution in [0.1, 0.15) is 11.1 Å². The second-order valence-corrected chi connectivity index (χ2v) is 4.71. The quantitative estimate of drug-likeness (QED) is 0.883. The molecule has 5 nitrogen and oxygen atoms in total. The lowest BCUT2D eigenvalue weighted by Crippen LogP contribution is -2.20. The maximum Gasteiger partial charge on any atom is 0.338 e. The Kier molecular flexibility index (Phi) is 2.36. The second-order valence-electron chi connectivity index (χ2n) is 3.89. The lowest BCUT2D eigenvalue weighted by atomic mass is 10.1. The Hall–Kier alpha value is -1.82. The Labute approximate surface area is 100 Å². The van der Waals surface area contributed by atoms with Gasteiger partial charge in [-0.3, -0.25) is 9.01 Å². The number of benzene rings is 1. The maximum absolute atomic E-state index is 10.9. The van der Waals surface area contributed by atoms with E-state index in [0.29, 0.717) is 12.3 Å². The van der Waals surface area contributed by atoms with Crippen molar-refractivity contribution in [1.29, 1.82) is 0 Å². The third-order valence-corrected chi connectivity index (χ3v) is 3.20. The van der Waals surface area contributed by atoms with Crippen molar-refractivity contribution in [2.75, 3.05) is 0 Å². The van der Waals surface area contributed by atoms with Crippen LogP contribution in [0.15, 0.2) is 34.0 Å². The maximum atomic E-state index is 10.9. The van der Waals surface area contributed by atoms with Gasteiger partial charge in [0, 0.05) is 17.4 Å². The fourth-order valence-corrected chi connectivity index (χ4v) is 2.29. The molecule has 1 aromatic carbocycles.